The smallest absolute Gasteiger partial charge is 0.248 e. The molecule has 0 radical (unpaired) electrons. The number of hydrogen-bond acceptors (Lipinski definition) is 6. The van der Waals surface area contributed by atoms with Gasteiger partial charge < -0.3 is 15.2 Å². The van der Waals surface area contributed by atoms with E-state index >= 15 is 0 Å². The number of tetrazole rings is 1. The molecular formula is C13H17N5O2. The molecule has 1 aliphatic heterocycles. The van der Waals surface area contributed by atoms with Crippen LogP contribution in [0.1, 0.15) is 12.8 Å². The van der Waals surface area contributed by atoms with Crippen LogP contribution >= 0.6 is 0 Å². The first-order chi connectivity index (χ1) is 9.83. The Balaban J connectivity index is 1.86. The quantitative estimate of drug-likeness (QED) is 0.850. The van der Waals surface area contributed by atoms with Crippen molar-refractivity contribution in [3.05, 3.63) is 30.3 Å². The zero-order valence-electron chi connectivity index (χ0n) is 11.1. The highest BCUT2D eigenvalue weighted by Crippen LogP contribution is 2.25. The van der Waals surface area contributed by atoms with E-state index in [0.29, 0.717) is 19.2 Å². The van der Waals surface area contributed by atoms with Gasteiger partial charge in [0.2, 0.25) is 5.95 Å². The van der Waals surface area contributed by atoms with Gasteiger partial charge in [0.25, 0.3) is 0 Å². The molecule has 7 nitrogen and oxygen atoms in total. The van der Waals surface area contributed by atoms with Crippen molar-refractivity contribution >= 4 is 5.95 Å². The van der Waals surface area contributed by atoms with Gasteiger partial charge >= 0.3 is 0 Å². The minimum Gasteiger partial charge on any atom is -0.394 e. The summed E-state index contributed by atoms with van der Waals surface area (Å²) in [6, 6.07) is 9.65. The van der Waals surface area contributed by atoms with E-state index < -0.39 is 5.54 Å². The average molecular weight is 275 g/mol. The molecule has 0 saturated carbocycles. The highest BCUT2D eigenvalue weighted by atomic mass is 16.5. The van der Waals surface area contributed by atoms with Gasteiger partial charge in [0.05, 0.1) is 17.8 Å². The van der Waals surface area contributed by atoms with Crippen molar-refractivity contribution in [3.8, 4) is 5.69 Å². The fourth-order valence-corrected chi connectivity index (χ4v) is 2.33. The van der Waals surface area contributed by atoms with E-state index in [1.165, 1.54) is 0 Å². The zero-order chi connectivity index (χ0) is 13.8. The standard InChI is InChI=1S/C13H17N5O2/c19-10-13(6-8-20-9-7-13)14-12-15-16-17-18(12)11-4-2-1-3-5-11/h1-5,19H,6-10H2,(H,14,15,17). The fraction of sp³-hybridized carbons (Fsp3) is 0.462. The van der Waals surface area contributed by atoms with Crippen LogP contribution in [0.2, 0.25) is 0 Å². The number of aromatic nitrogens is 4. The van der Waals surface area contributed by atoms with E-state index in [4.69, 9.17) is 4.74 Å². The van der Waals surface area contributed by atoms with Gasteiger partial charge in [-0.1, -0.05) is 23.3 Å². The van der Waals surface area contributed by atoms with Gasteiger partial charge in [-0.15, -0.1) is 0 Å². The lowest BCUT2D eigenvalue weighted by Gasteiger charge is -2.36. The van der Waals surface area contributed by atoms with Crippen LogP contribution in [-0.4, -0.2) is 50.7 Å². The molecule has 1 aromatic carbocycles. The average Bonchev–Trinajstić information content (AvgIpc) is 2.97. The van der Waals surface area contributed by atoms with E-state index in [1.54, 1.807) is 4.68 Å². The first kappa shape index (κ1) is 13.0. The Morgan fingerprint density at radius 1 is 1.25 bits per heavy atom. The highest BCUT2D eigenvalue weighted by molar-refractivity contribution is 5.40. The molecule has 0 spiro atoms. The molecule has 1 fully saturated rings. The first-order valence-corrected chi connectivity index (χ1v) is 6.64. The molecule has 2 N–H and O–H groups in total. The largest absolute Gasteiger partial charge is 0.394 e. The maximum Gasteiger partial charge on any atom is 0.248 e. The lowest BCUT2D eigenvalue weighted by Crippen LogP contribution is -2.47. The number of benzene rings is 1. The van der Waals surface area contributed by atoms with Crippen molar-refractivity contribution in [2.45, 2.75) is 18.4 Å². The summed E-state index contributed by atoms with van der Waals surface area (Å²) in [5.74, 6) is 0.534. The fourth-order valence-electron chi connectivity index (χ4n) is 2.33. The number of hydrogen-bond donors (Lipinski definition) is 2. The van der Waals surface area contributed by atoms with Crippen molar-refractivity contribution in [2.75, 3.05) is 25.1 Å². The topological polar surface area (TPSA) is 85.1 Å². The first-order valence-electron chi connectivity index (χ1n) is 6.64. The van der Waals surface area contributed by atoms with Crippen LogP contribution in [0.5, 0.6) is 0 Å². The summed E-state index contributed by atoms with van der Waals surface area (Å²) in [4.78, 5) is 0. The number of rotatable bonds is 4. The molecule has 1 aromatic heterocycles. The van der Waals surface area contributed by atoms with Crippen LogP contribution in [0, 0.1) is 0 Å². The molecular weight excluding hydrogens is 258 g/mol. The Morgan fingerprint density at radius 3 is 2.70 bits per heavy atom. The van der Waals surface area contributed by atoms with Crippen molar-refractivity contribution in [2.24, 2.45) is 0 Å². The number of ether oxygens (including phenoxy) is 1. The monoisotopic (exact) mass is 275 g/mol. The molecule has 106 valence electrons. The lowest BCUT2D eigenvalue weighted by molar-refractivity contribution is 0.0376. The minimum absolute atomic E-state index is 0.0258. The van der Waals surface area contributed by atoms with E-state index in [2.05, 4.69) is 20.8 Å². The molecule has 2 heterocycles. The van der Waals surface area contributed by atoms with Crippen LogP contribution in [0.25, 0.3) is 5.69 Å². The Hall–Kier alpha value is -1.99. The molecule has 1 saturated heterocycles. The third-order valence-corrected chi connectivity index (χ3v) is 3.60. The van der Waals surface area contributed by atoms with Crippen LogP contribution in [0.3, 0.4) is 0 Å². The van der Waals surface area contributed by atoms with Gasteiger partial charge in [-0.05, 0) is 35.4 Å². The number of nitrogens with one attached hydrogen (secondary N) is 1. The van der Waals surface area contributed by atoms with Crippen molar-refractivity contribution in [1.29, 1.82) is 0 Å². The molecule has 20 heavy (non-hydrogen) atoms. The van der Waals surface area contributed by atoms with Crippen LogP contribution in [0.4, 0.5) is 5.95 Å². The molecule has 0 aliphatic carbocycles. The van der Waals surface area contributed by atoms with Crippen molar-refractivity contribution in [1.82, 2.24) is 20.2 Å². The van der Waals surface area contributed by atoms with Crippen LogP contribution < -0.4 is 5.32 Å². The van der Waals surface area contributed by atoms with Gasteiger partial charge in [-0.3, -0.25) is 0 Å². The predicted octanol–water partition coefficient (Wildman–Crippen LogP) is 0.616. The summed E-state index contributed by atoms with van der Waals surface area (Å²) >= 11 is 0. The summed E-state index contributed by atoms with van der Waals surface area (Å²) < 4.78 is 6.98. The summed E-state index contributed by atoms with van der Waals surface area (Å²) in [6.07, 6.45) is 1.45. The Kier molecular flexibility index (Phi) is 3.62. The lowest BCUT2D eigenvalue weighted by atomic mass is 9.91. The Morgan fingerprint density at radius 2 is 2.00 bits per heavy atom. The molecule has 2 aromatic rings. The SMILES string of the molecule is OCC1(Nc2nnnn2-c2ccccc2)CCOCC1. The third kappa shape index (κ3) is 2.50. The molecule has 0 atom stereocenters. The van der Waals surface area contributed by atoms with Crippen LogP contribution in [0.15, 0.2) is 30.3 Å². The molecule has 7 heteroatoms. The maximum absolute atomic E-state index is 9.71. The molecule has 0 bridgehead atoms. The second-order valence-electron chi connectivity index (χ2n) is 4.93. The Bertz CT molecular complexity index is 551. The van der Waals surface area contributed by atoms with Gasteiger partial charge in [-0.25, -0.2) is 0 Å². The van der Waals surface area contributed by atoms with E-state index in [9.17, 15) is 5.11 Å². The van der Waals surface area contributed by atoms with Gasteiger partial charge in [0, 0.05) is 13.2 Å². The Labute approximate surface area is 116 Å². The van der Waals surface area contributed by atoms with Gasteiger partial charge in [0.15, 0.2) is 0 Å². The molecule has 0 amide bonds. The van der Waals surface area contributed by atoms with E-state index in [0.717, 1.165) is 18.5 Å². The normalized spacial score (nSPS) is 17.9. The highest BCUT2D eigenvalue weighted by Gasteiger charge is 2.33. The van der Waals surface area contributed by atoms with E-state index in [1.807, 2.05) is 30.3 Å². The zero-order valence-corrected chi connectivity index (χ0v) is 11.1. The molecule has 0 unspecified atom stereocenters. The number of anilines is 1. The van der Waals surface area contributed by atoms with Gasteiger partial charge in [-0.2, -0.15) is 4.68 Å². The summed E-state index contributed by atoms with van der Waals surface area (Å²) in [6.45, 7) is 1.28. The van der Waals surface area contributed by atoms with Gasteiger partial charge in [0.1, 0.15) is 0 Å². The van der Waals surface area contributed by atoms with Crippen molar-refractivity contribution in [3.63, 3.8) is 0 Å². The van der Waals surface area contributed by atoms with E-state index in [-0.39, 0.29) is 6.61 Å². The number of aliphatic hydroxyl groups is 1. The third-order valence-electron chi connectivity index (χ3n) is 3.60. The predicted molar refractivity (Wildman–Crippen MR) is 72.6 cm³/mol. The van der Waals surface area contributed by atoms with Crippen molar-refractivity contribution < 1.29 is 9.84 Å². The second kappa shape index (κ2) is 5.56. The van der Waals surface area contributed by atoms with Crippen LogP contribution in [-0.2, 0) is 4.74 Å². The second-order valence-corrected chi connectivity index (χ2v) is 4.93. The maximum atomic E-state index is 9.71. The number of para-hydroxylation sites is 1. The summed E-state index contributed by atoms with van der Waals surface area (Å²) in [5.41, 5.74) is 0.458. The number of nitrogens with zero attached hydrogens (tertiary/aromatic N) is 4. The minimum atomic E-state index is -0.417. The number of aliphatic hydroxyl groups excluding tert-OH is 1. The summed E-state index contributed by atoms with van der Waals surface area (Å²) in [7, 11) is 0. The molecule has 1 aliphatic rings. The summed E-state index contributed by atoms with van der Waals surface area (Å²) in [5, 5.41) is 24.7. The molecule has 3 rings (SSSR count).